The minimum atomic E-state index is -0.631. The highest BCUT2D eigenvalue weighted by Gasteiger charge is 2.21. The zero-order chi connectivity index (χ0) is 28.6. The van der Waals surface area contributed by atoms with Crippen molar-refractivity contribution in [3.63, 3.8) is 0 Å². The van der Waals surface area contributed by atoms with Crippen molar-refractivity contribution in [2.75, 3.05) is 21.3 Å². The maximum atomic E-state index is 9.59. The third-order valence-corrected chi connectivity index (χ3v) is 7.18. The third-order valence-electron chi connectivity index (χ3n) is 7.18. The van der Waals surface area contributed by atoms with Crippen LogP contribution in [0.25, 0.3) is 38.8 Å². The molecule has 9 heteroatoms. The van der Waals surface area contributed by atoms with Gasteiger partial charge in [-0.05, 0) is 66.9 Å². The van der Waals surface area contributed by atoms with Gasteiger partial charge in [-0.1, -0.05) is 18.2 Å². The van der Waals surface area contributed by atoms with E-state index in [1.165, 1.54) is 0 Å². The molecule has 0 aliphatic rings. The summed E-state index contributed by atoms with van der Waals surface area (Å²) in [6.45, 7) is 3.76. The number of fused-ring (bicyclic) bond motifs is 3. The first kappa shape index (κ1) is 26.3. The first-order chi connectivity index (χ1) is 19.3. The van der Waals surface area contributed by atoms with Crippen LogP contribution in [-0.4, -0.2) is 35.4 Å². The molecule has 0 amide bonds. The molecule has 5 rings (SSSR count). The zero-order valence-corrected chi connectivity index (χ0v) is 23.2. The smallest absolute Gasteiger partial charge is 0.226 e. The van der Waals surface area contributed by atoms with Crippen LogP contribution in [0.1, 0.15) is 19.4 Å². The quantitative estimate of drug-likeness (QED) is 0.271. The third kappa shape index (κ3) is 4.18. The monoisotopic (exact) mass is 532 g/mol. The fourth-order valence-electron chi connectivity index (χ4n) is 4.94. The summed E-state index contributed by atoms with van der Waals surface area (Å²) in [7, 11) is 6.61. The van der Waals surface area contributed by atoms with E-state index in [0.717, 1.165) is 44.3 Å². The molecule has 0 spiro atoms. The summed E-state index contributed by atoms with van der Waals surface area (Å²) < 4.78 is 20.4. The summed E-state index contributed by atoms with van der Waals surface area (Å²) in [5.74, 6) is 1.63. The van der Waals surface area contributed by atoms with Crippen LogP contribution in [-0.2, 0) is 12.5 Å². The predicted octanol–water partition coefficient (Wildman–Crippen LogP) is 5.39. The van der Waals surface area contributed by atoms with Crippen molar-refractivity contribution in [2.45, 2.75) is 19.3 Å². The molecule has 0 fully saturated rings. The van der Waals surface area contributed by atoms with Crippen molar-refractivity contribution in [1.29, 1.82) is 10.5 Å². The van der Waals surface area contributed by atoms with Gasteiger partial charge in [0.2, 0.25) is 17.6 Å². The Morgan fingerprint density at radius 3 is 2.12 bits per heavy atom. The molecule has 0 bridgehead atoms. The van der Waals surface area contributed by atoms with Crippen molar-refractivity contribution in [1.82, 2.24) is 14.1 Å². The van der Waals surface area contributed by atoms with Crippen LogP contribution in [0, 0.1) is 22.8 Å². The molecule has 0 saturated heterocycles. The van der Waals surface area contributed by atoms with E-state index in [4.69, 9.17) is 19.2 Å². The van der Waals surface area contributed by atoms with Crippen molar-refractivity contribution in [3.8, 4) is 46.3 Å². The molecule has 2 heterocycles. The Kier molecular flexibility index (Phi) is 6.66. The highest BCUT2D eigenvalue weighted by Crippen LogP contribution is 2.42. The van der Waals surface area contributed by atoms with Gasteiger partial charge in [0.05, 0.1) is 55.6 Å². The van der Waals surface area contributed by atoms with Gasteiger partial charge in [0.25, 0.3) is 0 Å². The molecule has 0 atom stereocenters. The van der Waals surface area contributed by atoms with E-state index in [1.807, 2.05) is 84.8 Å². The molecule has 9 nitrogen and oxygen atoms in total. The van der Waals surface area contributed by atoms with Crippen molar-refractivity contribution in [2.24, 2.45) is 12.0 Å². The Hall–Kier alpha value is -5.28. The number of nitriles is 2. The van der Waals surface area contributed by atoms with Crippen LogP contribution in [0.5, 0.6) is 17.2 Å². The van der Waals surface area contributed by atoms with Gasteiger partial charge in [0, 0.05) is 18.1 Å². The Bertz CT molecular complexity index is 1890. The minimum Gasteiger partial charge on any atom is -0.493 e. The number of pyridine rings is 1. The Morgan fingerprint density at radius 1 is 0.875 bits per heavy atom. The lowest BCUT2D eigenvalue weighted by molar-refractivity contribution is 0.324. The molecule has 200 valence electrons. The average Bonchev–Trinajstić information content (AvgIpc) is 3.27. The number of hydrogen-bond acceptors (Lipinski definition) is 7. The Labute approximate surface area is 231 Å². The topological polar surface area (TPSA) is 110 Å². The largest absolute Gasteiger partial charge is 0.493 e. The first-order valence-electron chi connectivity index (χ1n) is 12.5. The minimum absolute atomic E-state index is 0.456. The van der Waals surface area contributed by atoms with Gasteiger partial charge >= 0.3 is 0 Å². The second-order valence-corrected chi connectivity index (χ2v) is 9.83. The second-order valence-electron chi connectivity index (χ2n) is 9.83. The van der Waals surface area contributed by atoms with Gasteiger partial charge in [0.1, 0.15) is 0 Å². The second kappa shape index (κ2) is 10.1. The molecule has 0 N–H and O–H groups in total. The molecule has 0 radical (unpaired) electrons. The van der Waals surface area contributed by atoms with Crippen LogP contribution in [0.15, 0.2) is 65.8 Å². The van der Waals surface area contributed by atoms with Gasteiger partial charge in [-0.15, -0.1) is 4.99 Å². The summed E-state index contributed by atoms with van der Waals surface area (Å²) in [5, 5.41) is 20.0. The van der Waals surface area contributed by atoms with Crippen LogP contribution in [0.4, 0.5) is 0 Å². The normalized spacial score (nSPS) is 11.8. The van der Waals surface area contributed by atoms with E-state index < -0.39 is 5.41 Å². The fourth-order valence-corrected chi connectivity index (χ4v) is 4.94. The molecule has 2 aromatic heterocycles. The lowest BCUT2D eigenvalue weighted by atomic mass is 9.86. The Morgan fingerprint density at radius 2 is 1.55 bits per heavy atom. The maximum Gasteiger partial charge on any atom is 0.226 e. The summed E-state index contributed by atoms with van der Waals surface area (Å²) in [5.41, 5.74) is 5.77. The summed E-state index contributed by atoms with van der Waals surface area (Å²) in [6.07, 6.45) is 3.73. The summed E-state index contributed by atoms with van der Waals surface area (Å²) in [6, 6.07) is 19.9. The highest BCUT2D eigenvalue weighted by molar-refractivity contribution is 6.04. The molecule has 3 aromatic carbocycles. The number of aryl methyl sites for hydroxylation is 1. The molecule has 40 heavy (non-hydrogen) atoms. The number of ether oxygens (including phenoxy) is 3. The van der Waals surface area contributed by atoms with Gasteiger partial charge in [-0.2, -0.15) is 10.5 Å². The lowest BCUT2D eigenvalue weighted by Gasteiger charge is -2.16. The van der Waals surface area contributed by atoms with E-state index >= 15 is 0 Å². The number of methoxy groups -OCH3 is 3. The van der Waals surface area contributed by atoms with Crippen LogP contribution in [0.3, 0.4) is 0 Å². The Balaban J connectivity index is 1.82. The number of hydrogen-bond donors (Lipinski definition) is 0. The predicted molar refractivity (Wildman–Crippen MR) is 152 cm³/mol. The van der Waals surface area contributed by atoms with E-state index in [2.05, 4.69) is 17.1 Å². The van der Waals surface area contributed by atoms with Crippen molar-refractivity contribution < 1.29 is 14.2 Å². The van der Waals surface area contributed by atoms with Gasteiger partial charge in [-0.25, -0.2) is 0 Å². The van der Waals surface area contributed by atoms with Crippen LogP contribution < -0.4 is 19.8 Å². The maximum absolute atomic E-state index is 9.59. The standard InChI is InChI=1S/C31H28N6O3/c1-31(2,17-32)21-8-10-22(11-9-21)37-28-23-13-19(20-14-26(38-4)29(40-6)27(15-20)39-5)7-12-24(23)34-16-25(28)36(3)30(37)35-18-33/h7-16H,1-6H3/b35-30-. The van der Waals surface area contributed by atoms with E-state index in [9.17, 15) is 10.5 Å². The summed E-state index contributed by atoms with van der Waals surface area (Å²) >= 11 is 0. The number of benzene rings is 3. The van der Waals surface area contributed by atoms with Gasteiger partial charge in [0.15, 0.2) is 11.5 Å². The zero-order valence-electron chi connectivity index (χ0n) is 23.2. The van der Waals surface area contributed by atoms with E-state index in [0.29, 0.717) is 22.9 Å². The van der Waals surface area contributed by atoms with Crippen LogP contribution in [0.2, 0.25) is 0 Å². The molecular weight excluding hydrogens is 504 g/mol. The lowest BCUT2D eigenvalue weighted by Crippen LogP contribution is -2.23. The van der Waals surface area contributed by atoms with Gasteiger partial charge in [-0.3, -0.25) is 9.55 Å². The van der Waals surface area contributed by atoms with E-state index in [-0.39, 0.29) is 0 Å². The number of nitrogens with zero attached hydrogens (tertiary/aromatic N) is 6. The van der Waals surface area contributed by atoms with Crippen molar-refractivity contribution >= 4 is 21.9 Å². The number of rotatable bonds is 6. The number of aromatic nitrogens is 3. The molecule has 0 aliphatic carbocycles. The first-order valence-corrected chi connectivity index (χ1v) is 12.5. The van der Waals surface area contributed by atoms with Gasteiger partial charge < -0.3 is 18.8 Å². The molecular formula is C31H28N6O3. The van der Waals surface area contributed by atoms with Crippen LogP contribution >= 0.6 is 0 Å². The molecule has 0 aliphatic heterocycles. The molecule has 0 saturated carbocycles. The highest BCUT2D eigenvalue weighted by atomic mass is 16.5. The molecule has 5 aromatic rings. The summed E-state index contributed by atoms with van der Waals surface area (Å²) in [4.78, 5) is 8.86. The molecule has 0 unspecified atom stereocenters. The average molecular weight is 533 g/mol. The fraction of sp³-hybridized carbons (Fsp3) is 0.226. The number of imidazole rings is 1. The SMILES string of the molecule is COc1cc(-c2ccc3ncc4c(c3c2)n(-c2ccc(C(C)(C)C#N)cc2)/c(=N\C#N)n4C)cc(OC)c1OC. The van der Waals surface area contributed by atoms with E-state index in [1.54, 1.807) is 27.5 Å². The van der Waals surface area contributed by atoms with Crippen molar-refractivity contribution in [3.05, 3.63) is 72.0 Å².